The van der Waals surface area contributed by atoms with Crippen molar-refractivity contribution < 1.29 is 9.53 Å². The molecule has 0 unspecified atom stereocenters. The lowest BCUT2D eigenvalue weighted by molar-refractivity contribution is -0.134. The van der Waals surface area contributed by atoms with E-state index in [1.54, 1.807) is 18.2 Å². The second-order valence-electron chi connectivity index (χ2n) is 6.66. The molecule has 1 heterocycles. The third-order valence-corrected chi connectivity index (χ3v) is 4.36. The van der Waals surface area contributed by atoms with Crippen molar-refractivity contribution in [2.75, 3.05) is 20.8 Å². The van der Waals surface area contributed by atoms with Crippen molar-refractivity contribution in [3.63, 3.8) is 0 Å². The average Bonchev–Trinajstić information content (AvgIpc) is 2.60. The number of amides is 1. The quantitative estimate of drug-likeness (QED) is 0.781. The molecular formula is C20H26N2O2. The van der Waals surface area contributed by atoms with E-state index in [9.17, 15) is 4.79 Å². The molecule has 0 bridgehead atoms. The number of benzene rings is 1. The highest BCUT2D eigenvalue weighted by Gasteiger charge is 2.29. The molecule has 4 heteroatoms. The smallest absolute Gasteiger partial charge is 0.223 e. The monoisotopic (exact) mass is 326 g/mol. The number of carbonyl (C=O) groups is 1. The first-order valence-electron chi connectivity index (χ1n) is 8.17. The summed E-state index contributed by atoms with van der Waals surface area (Å²) in [5.41, 5.74) is 1.77. The van der Waals surface area contributed by atoms with E-state index in [1.165, 1.54) is 0 Å². The summed E-state index contributed by atoms with van der Waals surface area (Å²) < 4.78 is 5.31. The normalized spacial score (nSPS) is 12.7. The minimum Gasteiger partial charge on any atom is -0.382 e. The first-order chi connectivity index (χ1) is 11.5. The molecule has 0 spiro atoms. The van der Waals surface area contributed by atoms with Crippen LogP contribution in [0.25, 0.3) is 0 Å². The largest absolute Gasteiger partial charge is 0.382 e. The van der Waals surface area contributed by atoms with Crippen LogP contribution < -0.4 is 0 Å². The highest BCUT2D eigenvalue weighted by atomic mass is 16.5. The van der Waals surface area contributed by atoms with E-state index in [-0.39, 0.29) is 17.4 Å². The number of carbonyl (C=O) groups excluding carboxylic acids is 1. The number of aromatic nitrogens is 1. The molecule has 4 nitrogen and oxygen atoms in total. The van der Waals surface area contributed by atoms with Crippen molar-refractivity contribution in [3.8, 4) is 0 Å². The summed E-state index contributed by atoms with van der Waals surface area (Å²) >= 11 is 0. The molecule has 1 amide bonds. The van der Waals surface area contributed by atoms with Gasteiger partial charge in [-0.1, -0.05) is 50.2 Å². The van der Waals surface area contributed by atoms with E-state index in [2.05, 4.69) is 31.0 Å². The van der Waals surface area contributed by atoms with E-state index in [0.29, 0.717) is 13.0 Å². The molecule has 128 valence electrons. The van der Waals surface area contributed by atoms with Gasteiger partial charge in [-0.2, -0.15) is 0 Å². The molecular weight excluding hydrogens is 300 g/mol. The zero-order chi connectivity index (χ0) is 17.6. The molecule has 0 aliphatic carbocycles. The molecule has 0 aliphatic rings. The summed E-state index contributed by atoms with van der Waals surface area (Å²) in [6.45, 7) is 4.62. The van der Waals surface area contributed by atoms with Crippen molar-refractivity contribution in [1.82, 2.24) is 9.88 Å². The van der Waals surface area contributed by atoms with E-state index in [1.807, 2.05) is 43.4 Å². The van der Waals surface area contributed by atoms with Crippen LogP contribution in [-0.2, 0) is 14.9 Å². The van der Waals surface area contributed by atoms with Gasteiger partial charge in [0, 0.05) is 26.8 Å². The zero-order valence-corrected chi connectivity index (χ0v) is 14.9. The molecule has 0 saturated heterocycles. The fourth-order valence-electron chi connectivity index (χ4n) is 2.79. The molecule has 2 rings (SSSR count). The van der Waals surface area contributed by atoms with Crippen LogP contribution in [0.1, 0.15) is 37.6 Å². The summed E-state index contributed by atoms with van der Waals surface area (Å²) in [6, 6.07) is 15.7. The van der Waals surface area contributed by atoms with Crippen molar-refractivity contribution in [3.05, 3.63) is 66.0 Å². The number of methoxy groups -OCH3 is 1. The van der Waals surface area contributed by atoms with Crippen LogP contribution in [0.5, 0.6) is 0 Å². The Labute approximate surface area is 144 Å². The Bertz CT molecular complexity index is 641. The number of likely N-dealkylation sites (N-methyl/N-ethyl adjacent to an activating group) is 1. The maximum atomic E-state index is 12.9. The van der Waals surface area contributed by atoms with Gasteiger partial charge in [0.1, 0.15) is 0 Å². The molecule has 0 aliphatic heterocycles. The third-order valence-electron chi connectivity index (χ3n) is 4.36. The minimum absolute atomic E-state index is 0.0801. The van der Waals surface area contributed by atoms with Gasteiger partial charge in [0.05, 0.1) is 18.3 Å². The fraction of sp³-hybridized carbons (Fsp3) is 0.400. The fourth-order valence-corrected chi connectivity index (χ4v) is 2.79. The molecule has 0 radical (unpaired) electrons. The number of nitrogens with zero attached hydrogens (tertiary/aromatic N) is 2. The minimum atomic E-state index is -0.228. The van der Waals surface area contributed by atoms with E-state index < -0.39 is 0 Å². The van der Waals surface area contributed by atoms with Crippen molar-refractivity contribution in [2.45, 2.75) is 31.7 Å². The second-order valence-corrected chi connectivity index (χ2v) is 6.66. The van der Waals surface area contributed by atoms with Crippen LogP contribution >= 0.6 is 0 Å². The van der Waals surface area contributed by atoms with Gasteiger partial charge in [-0.25, -0.2) is 0 Å². The lowest BCUT2D eigenvalue weighted by Gasteiger charge is -2.31. The third kappa shape index (κ3) is 4.42. The molecule has 0 saturated carbocycles. The van der Waals surface area contributed by atoms with E-state index in [4.69, 9.17) is 4.74 Å². The lowest BCUT2D eigenvalue weighted by Crippen LogP contribution is -2.37. The van der Waals surface area contributed by atoms with Gasteiger partial charge in [0.25, 0.3) is 0 Å². The predicted octanol–water partition coefficient (Wildman–Crippen LogP) is 3.60. The Kier molecular flexibility index (Phi) is 6.10. The molecule has 1 aromatic carbocycles. The van der Waals surface area contributed by atoms with Crippen LogP contribution in [0.15, 0.2) is 54.7 Å². The van der Waals surface area contributed by atoms with Crippen molar-refractivity contribution in [2.24, 2.45) is 0 Å². The molecule has 0 N–H and O–H groups in total. The molecule has 1 atom stereocenters. The van der Waals surface area contributed by atoms with Crippen LogP contribution in [0.4, 0.5) is 0 Å². The first kappa shape index (κ1) is 18.1. The standard InChI is InChI=1S/C20H26N2O2/c1-20(2,16-10-6-5-7-11-16)14-19(23)22(3)18(15-24-4)17-12-8-9-13-21-17/h5-13,18H,14-15H2,1-4H3/t18-/m0/s1. The molecule has 24 heavy (non-hydrogen) atoms. The van der Waals surface area contributed by atoms with Crippen LogP contribution in [0, 0.1) is 0 Å². The SMILES string of the molecule is COC[C@@H](c1ccccn1)N(C)C(=O)CC(C)(C)c1ccccc1. The Morgan fingerprint density at radius 2 is 1.83 bits per heavy atom. The Balaban J connectivity index is 2.15. The van der Waals surface area contributed by atoms with Gasteiger partial charge < -0.3 is 9.64 Å². The maximum Gasteiger partial charge on any atom is 0.223 e. The van der Waals surface area contributed by atoms with Crippen molar-refractivity contribution >= 4 is 5.91 Å². The number of rotatable bonds is 7. The molecule has 2 aromatic rings. The Morgan fingerprint density at radius 3 is 2.42 bits per heavy atom. The summed E-state index contributed by atoms with van der Waals surface area (Å²) in [6.07, 6.45) is 2.17. The Hall–Kier alpha value is -2.20. The van der Waals surface area contributed by atoms with Gasteiger partial charge in [-0.15, -0.1) is 0 Å². The molecule has 0 fully saturated rings. The summed E-state index contributed by atoms with van der Waals surface area (Å²) in [5.74, 6) is 0.0801. The van der Waals surface area contributed by atoms with Gasteiger partial charge in [-0.05, 0) is 23.1 Å². The highest BCUT2D eigenvalue weighted by molar-refractivity contribution is 5.78. The van der Waals surface area contributed by atoms with Gasteiger partial charge in [-0.3, -0.25) is 9.78 Å². The number of hydrogen-bond donors (Lipinski definition) is 0. The Morgan fingerprint density at radius 1 is 1.17 bits per heavy atom. The maximum absolute atomic E-state index is 12.9. The van der Waals surface area contributed by atoms with Gasteiger partial charge >= 0.3 is 0 Å². The average molecular weight is 326 g/mol. The van der Waals surface area contributed by atoms with Gasteiger partial charge in [0.2, 0.25) is 5.91 Å². The summed E-state index contributed by atoms with van der Waals surface area (Å²) in [5, 5.41) is 0. The van der Waals surface area contributed by atoms with Crippen LogP contribution in [0.3, 0.4) is 0 Å². The molecule has 1 aromatic heterocycles. The highest BCUT2D eigenvalue weighted by Crippen LogP contribution is 2.29. The summed E-state index contributed by atoms with van der Waals surface area (Å²) in [7, 11) is 3.46. The number of ether oxygens (including phenoxy) is 1. The van der Waals surface area contributed by atoms with Gasteiger partial charge in [0.15, 0.2) is 0 Å². The topological polar surface area (TPSA) is 42.4 Å². The first-order valence-corrected chi connectivity index (χ1v) is 8.17. The lowest BCUT2D eigenvalue weighted by atomic mass is 9.81. The van der Waals surface area contributed by atoms with E-state index >= 15 is 0 Å². The second kappa shape index (κ2) is 8.06. The number of hydrogen-bond acceptors (Lipinski definition) is 3. The summed E-state index contributed by atoms with van der Waals surface area (Å²) in [4.78, 5) is 19.0. The van der Waals surface area contributed by atoms with Crippen LogP contribution in [-0.4, -0.2) is 36.6 Å². The van der Waals surface area contributed by atoms with Crippen molar-refractivity contribution in [1.29, 1.82) is 0 Å². The number of pyridine rings is 1. The zero-order valence-electron chi connectivity index (χ0n) is 14.9. The predicted molar refractivity (Wildman–Crippen MR) is 95.7 cm³/mol. The van der Waals surface area contributed by atoms with E-state index in [0.717, 1.165) is 11.3 Å². The van der Waals surface area contributed by atoms with Crippen LogP contribution in [0.2, 0.25) is 0 Å².